The van der Waals surface area contributed by atoms with Crippen molar-refractivity contribution < 1.29 is 23.8 Å². The van der Waals surface area contributed by atoms with Crippen LogP contribution in [0.25, 0.3) is 0 Å². The van der Waals surface area contributed by atoms with E-state index in [4.69, 9.17) is 14.2 Å². The molecule has 2 amide bonds. The number of methoxy groups -OCH3 is 2. The van der Waals surface area contributed by atoms with Gasteiger partial charge >= 0.3 is 0 Å². The van der Waals surface area contributed by atoms with Gasteiger partial charge in [0, 0.05) is 24.0 Å². The monoisotopic (exact) mass is 398 g/mol. The highest BCUT2D eigenvalue weighted by Gasteiger charge is 2.19. The molecule has 2 N–H and O–H groups in total. The molecule has 0 heterocycles. The van der Waals surface area contributed by atoms with E-state index in [-0.39, 0.29) is 24.5 Å². The predicted molar refractivity (Wildman–Crippen MR) is 111 cm³/mol. The highest BCUT2D eigenvalue weighted by Crippen LogP contribution is 2.32. The third-order valence-corrected chi connectivity index (χ3v) is 4.72. The van der Waals surface area contributed by atoms with Crippen molar-refractivity contribution in [2.24, 2.45) is 0 Å². The smallest absolute Gasteiger partial charge is 0.255 e. The minimum Gasteiger partial charge on any atom is -0.493 e. The minimum absolute atomic E-state index is 0.0131. The van der Waals surface area contributed by atoms with E-state index in [1.807, 2.05) is 0 Å². The molecule has 7 nitrogen and oxygen atoms in total. The second-order valence-electron chi connectivity index (χ2n) is 6.90. The van der Waals surface area contributed by atoms with Gasteiger partial charge in [-0.05, 0) is 68.1 Å². The highest BCUT2D eigenvalue weighted by atomic mass is 16.5. The summed E-state index contributed by atoms with van der Waals surface area (Å²) >= 11 is 0. The first-order valence-corrected chi connectivity index (χ1v) is 9.64. The van der Waals surface area contributed by atoms with Gasteiger partial charge < -0.3 is 24.8 Å². The molecule has 2 aromatic carbocycles. The van der Waals surface area contributed by atoms with E-state index in [1.54, 1.807) is 49.6 Å². The average Bonchev–Trinajstić information content (AvgIpc) is 3.23. The largest absolute Gasteiger partial charge is 0.493 e. The fourth-order valence-corrected chi connectivity index (χ4v) is 3.26. The van der Waals surface area contributed by atoms with E-state index < -0.39 is 0 Å². The Morgan fingerprint density at radius 1 is 0.931 bits per heavy atom. The number of hydrogen-bond donors (Lipinski definition) is 2. The maximum absolute atomic E-state index is 12.6. The summed E-state index contributed by atoms with van der Waals surface area (Å²) in [5.74, 6) is 0.705. The third-order valence-electron chi connectivity index (χ3n) is 4.72. The first kappa shape index (κ1) is 20.7. The Kier molecular flexibility index (Phi) is 7.08. The van der Waals surface area contributed by atoms with E-state index >= 15 is 0 Å². The third kappa shape index (κ3) is 5.71. The van der Waals surface area contributed by atoms with Gasteiger partial charge in [0.25, 0.3) is 5.91 Å². The van der Waals surface area contributed by atoms with Gasteiger partial charge in [0.15, 0.2) is 11.5 Å². The summed E-state index contributed by atoms with van der Waals surface area (Å²) in [5.41, 5.74) is 1.71. The van der Waals surface area contributed by atoms with Crippen LogP contribution in [0.3, 0.4) is 0 Å². The maximum atomic E-state index is 12.6. The number of anilines is 2. The number of amides is 2. The van der Waals surface area contributed by atoms with Gasteiger partial charge in [0.2, 0.25) is 5.91 Å². The van der Waals surface area contributed by atoms with Crippen LogP contribution in [-0.4, -0.2) is 38.7 Å². The van der Waals surface area contributed by atoms with Gasteiger partial charge in [-0.1, -0.05) is 0 Å². The Bertz CT molecular complexity index is 845. The lowest BCUT2D eigenvalue weighted by Crippen LogP contribution is -2.17. The normalized spacial score (nSPS) is 13.7. The van der Waals surface area contributed by atoms with Crippen molar-refractivity contribution in [2.45, 2.75) is 31.8 Å². The summed E-state index contributed by atoms with van der Waals surface area (Å²) in [6.07, 6.45) is 4.68. The number of benzene rings is 2. The number of rotatable bonds is 8. The Hall–Kier alpha value is -3.06. The van der Waals surface area contributed by atoms with Gasteiger partial charge in [-0.3, -0.25) is 9.59 Å². The van der Waals surface area contributed by atoms with Crippen molar-refractivity contribution in [3.8, 4) is 11.5 Å². The second-order valence-corrected chi connectivity index (χ2v) is 6.90. The summed E-state index contributed by atoms with van der Waals surface area (Å²) in [7, 11) is 3.02. The standard InChI is InChI=1S/C22H26N2O5/c1-27-14-21(25)23-16-8-10-17(11-9-16)24-22(26)15-7-12-19(20(13-15)28-2)29-18-5-3-4-6-18/h7-13,18H,3-6,14H2,1-2H3,(H,23,25)(H,24,26). The lowest BCUT2D eigenvalue weighted by atomic mass is 10.1. The molecule has 154 valence electrons. The molecule has 29 heavy (non-hydrogen) atoms. The van der Waals surface area contributed by atoms with E-state index in [1.165, 1.54) is 20.0 Å². The lowest BCUT2D eigenvalue weighted by Gasteiger charge is -2.16. The van der Waals surface area contributed by atoms with Crippen LogP contribution in [0, 0.1) is 0 Å². The maximum Gasteiger partial charge on any atom is 0.255 e. The number of hydrogen-bond acceptors (Lipinski definition) is 5. The zero-order valence-corrected chi connectivity index (χ0v) is 16.7. The molecule has 0 atom stereocenters. The molecule has 1 saturated carbocycles. The van der Waals surface area contributed by atoms with Crippen LogP contribution in [0.15, 0.2) is 42.5 Å². The van der Waals surface area contributed by atoms with Crippen molar-refractivity contribution >= 4 is 23.2 Å². The number of nitrogens with one attached hydrogen (secondary N) is 2. The Labute approximate surface area is 170 Å². The van der Waals surface area contributed by atoms with E-state index in [0.717, 1.165) is 12.8 Å². The zero-order valence-electron chi connectivity index (χ0n) is 16.7. The molecule has 2 aromatic rings. The Balaban J connectivity index is 1.63. The summed E-state index contributed by atoms with van der Waals surface area (Å²) < 4.78 is 16.2. The lowest BCUT2D eigenvalue weighted by molar-refractivity contribution is -0.119. The fraction of sp³-hybridized carbons (Fsp3) is 0.364. The molecular formula is C22H26N2O5. The van der Waals surface area contributed by atoms with Crippen molar-refractivity contribution in [3.05, 3.63) is 48.0 Å². The first-order valence-electron chi connectivity index (χ1n) is 9.64. The van der Waals surface area contributed by atoms with Crippen LogP contribution < -0.4 is 20.1 Å². The summed E-state index contributed by atoms with van der Waals surface area (Å²) in [4.78, 5) is 24.1. The average molecular weight is 398 g/mol. The first-order chi connectivity index (χ1) is 14.1. The Morgan fingerprint density at radius 2 is 1.59 bits per heavy atom. The van der Waals surface area contributed by atoms with Crippen LogP contribution >= 0.6 is 0 Å². The molecule has 1 fully saturated rings. The summed E-state index contributed by atoms with van der Waals surface area (Å²) in [6.45, 7) is -0.0131. The van der Waals surface area contributed by atoms with Crippen molar-refractivity contribution in [1.29, 1.82) is 0 Å². The molecule has 1 aliphatic rings. The van der Waals surface area contributed by atoms with Crippen molar-refractivity contribution in [2.75, 3.05) is 31.5 Å². The zero-order chi connectivity index (χ0) is 20.6. The van der Waals surface area contributed by atoms with Crippen LogP contribution in [-0.2, 0) is 9.53 Å². The molecule has 0 aliphatic heterocycles. The van der Waals surface area contributed by atoms with Gasteiger partial charge in [-0.25, -0.2) is 0 Å². The van der Waals surface area contributed by atoms with Crippen LogP contribution in [0.1, 0.15) is 36.0 Å². The van der Waals surface area contributed by atoms with Gasteiger partial charge in [-0.2, -0.15) is 0 Å². The minimum atomic E-state index is -0.258. The molecule has 1 aliphatic carbocycles. The molecule has 0 spiro atoms. The van der Waals surface area contributed by atoms with E-state index in [9.17, 15) is 9.59 Å². The number of carbonyl (C=O) groups excluding carboxylic acids is 2. The summed E-state index contributed by atoms with van der Waals surface area (Å²) in [5, 5.41) is 5.53. The molecule has 7 heteroatoms. The van der Waals surface area contributed by atoms with Crippen LogP contribution in [0.4, 0.5) is 11.4 Å². The van der Waals surface area contributed by atoms with Gasteiger partial charge in [0.05, 0.1) is 13.2 Å². The number of carbonyl (C=O) groups is 2. The van der Waals surface area contributed by atoms with Crippen LogP contribution in [0.2, 0.25) is 0 Å². The topological polar surface area (TPSA) is 85.9 Å². The van der Waals surface area contributed by atoms with Gasteiger partial charge in [0.1, 0.15) is 6.61 Å². The van der Waals surface area contributed by atoms with E-state index in [2.05, 4.69) is 10.6 Å². The van der Waals surface area contributed by atoms with Crippen molar-refractivity contribution in [1.82, 2.24) is 0 Å². The molecule has 0 bridgehead atoms. The molecule has 3 rings (SSSR count). The molecule has 0 saturated heterocycles. The summed E-state index contributed by atoms with van der Waals surface area (Å²) in [6, 6.07) is 12.0. The van der Waals surface area contributed by atoms with E-state index in [0.29, 0.717) is 28.4 Å². The SMILES string of the molecule is COCC(=O)Nc1ccc(NC(=O)c2ccc(OC3CCCC3)c(OC)c2)cc1. The van der Waals surface area contributed by atoms with Crippen LogP contribution in [0.5, 0.6) is 11.5 Å². The van der Waals surface area contributed by atoms with Crippen molar-refractivity contribution in [3.63, 3.8) is 0 Å². The second kappa shape index (κ2) is 9.93. The molecule has 0 radical (unpaired) electrons. The highest BCUT2D eigenvalue weighted by molar-refractivity contribution is 6.04. The molecule has 0 aromatic heterocycles. The molecular weight excluding hydrogens is 372 g/mol. The Morgan fingerprint density at radius 3 is 2.21 bits per heavy atom. The molecule has 0 unspecified atom stereocenters. The number of ether oxygens (including phenoxy) is 3. The quantitative estimate of drug-likeness (QED) is 0.705. The fourth-order valence-electron chi connectivity index (χ4n) is 3.26. The predicted octanol–water partition coefficient (Wildman–Crippen LogP) is 3.85. The van der Waals surface area contributed by atoms with Gasteiger partial charge in [-0.15, -0.1) is 0 Å².